The Morgan fingerprint density at radius 2 is 1.68 bits per heavy atom. The number of alkyl halides is 3. The summed E-state index contributed by atoms with van der Waals surface area (Å²) in [5.74, 6) is -0.154. The maximum atomic E-state index is 15.2. The fraction of sp³-hybridized carbons (Fsp3) is 0.323. The van der Waals surface area contributed by atoms with Gasteiger partial charge in [-0.15, -0.1) is 11.3 Å². The van der Waals surface area contributed by atoms with Gasteiger partial charge in [0, 0.05) is 28.2 Å². The number of aliphatic hydroxyl groups is 1. The zero-order valence-corrected chi connectivity index (χ0v) is 23.3. The van der Waals surface area contributed by atoms with Gasteiger partial charge < -0.3 is 10.0 Å². The monoisotopic (exact) mass is 589 g/mol. The zero-order valence-electron chi connectivity index (χ0n) is 21.7. The Labute approximate surface area is 239 Å². The third-order valence-corrected chi connectivity index (χ3v) is 9.34. The van der Waals surface area contributed by atoms with Crippen LogP contribution in [0.15, 0.2) is 66.7 Å². The van der Waals surface area contributed by atoms with Gasteiger partial charge in [0.15, 0.2) is 6.10 Å². The molecule has 0 aliphatic heterocycles. The highest BCUT2D eigenvalue weighted by Gasteiger charge is 2.39. The van der Waals surface area contributed by atoms with Crippen LogP contribution in [0.5, 0.6) is 0 Å². The van der Waals surface area contributed by atoms with E-state index in [4.69, 9.17) is 11.6 Å². The minimum absolute atomic E-state index is 0.0347. The Hall–Kier alpha value is -2.94. The smallest absolute Gasteiger partial charge is 0.379 e. The summed E-state index contributed by atoms with van der Waals surface area (Å²) < 4.78 is 54.8. The van der Waals surface area contributed by atoms with Crippen LogP contribution in [0.4, 0.5) is 17.6 Å². The van der Waals surface area contributed by atoms with Gasteiger partial charge in [-0.1, -0.05) is 67.1 Å². The number of fused-ring (bicyclic) bond motifs is 1. The van der Waals surface area contributed by atoms with E-state index in [1.807, 2.05) is 24.3 Å². The molecular formula is C31H28ClF4NO2S. The summed E-state index contributed by atoms with van der Waals surface area (Å²) in [7, 11) is 0. The molecule has 1 aromatic heterocycles. The first-order valence-electron chi connectivity index (χ1n) is 13.1. The molecule has 0 bridgehead atoms. The van der Waals surface area contributed by atoms with Gasteiger partial charge in [0.2, 0.25) is 0 Å². The molecule has 1 heterocycles. The van der Waals surface area contributed by atoms with E-state index in [9.17, 15) is 23.1 Å². The van der Waals surface area contributed by atoms with Crippen LogP contribution in [0.25, 0.3) is 21.2 Å². The van der Waals surface area contributed by atoms with Gasteiger partial charge in [0.1, 0.15) is 10.7 Å². The zero-order chi connectivity index (χ0) is 28.6. The van der Waals surface area contributed by atoms with Crippen LogP contribution >= 0.6 is 22.9 Å². The summed E-state index contributed by atoms with van der Waals surface area (Å²) in [6.07, 6.45) is -3.81. The van der Waals surface area contributed by atoms with Crippen LogP contribution in [-0.2, 0) is 6.54 Å². The number of rotatable bonds is 6. The van der Waals surface area contributed by atoms with E-state index in [-0.39, 0.29) is 24.1 Å². The molecule has 1 unspecified atom stereocenters. The number of nitrogens with zero attached hydrogens (tertiary/aromatic N) is 1. The first kappa shape index (κ1) is 28.6. The highest BCUT2D eigenvalue weighted by molar-refractivity contribution is 7.21. The summed E-state index contributed by atoms with van der Waals surface area (Å²) in [5, 5.41) is 10.7. The number of hydrogen-bond donors (Lipinski definition) is 1. The summed E-state index contributed by atoms with van der Waals surface area (Å²) in [6.45, 7) is 2.22. The van der Waals surface area contributed by atoms with Crippen molar-refractivity contribution in [3.63, 3.8) is 0 Å². The van der Waals surface area contributed by atoms with Crippen molar-refractivity contribution in [1.29, 1.82) is 0 Å². The van der Waals surface area contributed by atoms with E-state index in [0.717, 1.165) is 35.8 Å². The normalized spacial score (nSPS) is 18.6. The number of benzene rings is 3. The fourth-order valence-corrected chi connectivity index (χ4v) is 6.78. The number of thiophene rings is 1. The fourth-order valence-electron chi connectivity index (χ4n) is 5.31. The van der Waals surface area contributed by atoms with Crippen LogP contribution in [0, 0.1) is 11.7 Å². The van der Waals surface area contributed by atoms with Gasteiger partial charge in [-0.3, -0.25) is 4.79 Å². The average Bonchev–Trinajstić information content (AvgIpc) is 3.28. The topological polar surface area (TPSA) is 40.5 Å². The largest absolute Gasteiger partial charge is 0.418 e. The molecule has 1 aliphatic carbocycles. The predicted molar refractivity (Wildman–Crippen MR) is 151 cm³/mol. The van der Waals surface area contributed by atoms with Gasteiger partial charge in [-0.05, 0) is 66.5 Å². The summed E-state index contributed by atoms with van der Waals surface area (Å²) in [5.41, 5.74) is 1.19. The van der Waals surface area contributed by atoms with E-state index in [0.29, 0.717) is 32.5 Å². The maximum Gasteiger partial charge on any atom is 0.418 e. The molecule has 0 saturated heterocycles. The second kappa shape index (κ2) is 11.5. The minimum atomic E-state index is -4.77. The van der Waals surface area contributed by atoms with Crippen molar-refractivity contribution in [3.8, 4) is 11.1 Å². The molecule has 1 atom stereocenters. The molecule has 0 spiro atoms. The van der Waals surface area contributed by atoms with Crippen molar-refractivity contribution in [1.82, 2.24) is 4.90 Å². The van der Waals surface area contributed by atoms with Gasteiger partial charge in [0.05, 0.1) is 5.02 Å². The van der Waals surface area contributed by atoms with Crippen molar-refractivity contribution in [3.05, 3.63) is 93.6 Å². The van der Waals surface area contributed by atoms with E-state index >= 15 is 4.39 Å². The second-order valence-corrected chi connectivity index (χ2v) is 11.9. The Morgan fingerprint density at radius 3 is 2.33 bits per heavy atom. The van der Waals surface area contributed by atoms with Gasteiger partial charge >= 0.3 is 6.18 Å². The van der Waals surface area contributed by atoms with Crippen molar-refractivity contribution in [2.24, 2.45) is 5.92 Å². The third kappa shape index (κ3) is 5.90. The molecule has 1 amide bonds. The molecule has 3 nitrogen and oxygen atoms in total. The van der Waals surface area contributed by atoms with E-state index in [1.54, 1.807) is 17.0 Å². The number of aliphatic hydroxyl groups excluding tert-OH is 1. The van der Waals surface area contributed by atoms with Crippen LogP contribution in [0.2, 0.25) is 5.02 Å². The Morgan fingerprint density at radius 1 is 1.02 bits per heavy atom. The molecule has 9 heteroatoms. The average molecular weight is 590 g/mol. The lowest BCUT2D eigenvalue weighted by molar-refractivity contribution is -0.206. The summed E-state index contributed by atoms with van der Waals surface area (Å²) >= 11 is 7.99. The number of amides is 1. The van der Waals surface area contributed by atoms with Crippen LogP contribution in [-0.4, -0.2) is 28.1 Å². The highest BCUT2D eigenvalue weighted by atomic mass is 35.5. The molecular weight excluding hydrogens is 562 g/mol. The first-order valence-corrected chi connectivity index (χ1v) is 14.3. The SMILES string of the molecule is CC1CCC(N(Cc2cc(-c3ccc(C(O)C(F)(F)F)cc3)ccc2F)C(=O)c2sc3ccccc3c2Cl)CC1. The Balaban J connectivity index is 1.47. The number of carbonyl (C=O) groups is 1. The number of halogens is 5. The lowest BCUT2D eigenvalue weighted by Crippen LogP contribution is -2.41. The van der Waals surface area contributed by atoms with Crippen molar-refractivity contribution in [2.45, 2.75) is 57.5 Å². The Kier molecular flexibility index (Phi) is 8.22. The first-order chi connectivity index (χ1) is 19.0. The highest BCUT2D eigenvalue weighted by Crippen LogP contribution is 2.38. The van der Waals surface area contributed by atoms with Gasteiger partial charge in [-0.25, -0.2) is 4.39 Å². The van der Waals surface area contributed by atoms with E-state index in [2.05, 4.69) is 6.92 Å². The number of carbonyl (C=O) groups excluding carboxylic acids is 1. The van der Waals surface area contributed by atoms with Gasteiger partial charge in [0.25, 0.3) is 5.91 Å². The molecule has 1 aliphatic rings. The molecule has 210 valence electrons. The second-order valence-electron chi connectivity index (χ2n) is 10.5. The number of hydrogen-bond acceptors (Lipinski definition) is 3. The standard InChI is InChI=1S/C31H28ClF4NO2S/c1-18-6-13-23(14-7-18)37(30(39)28-27(32)24-4-2-3-5-26(24)40-28)17-22-16-21(12-15-25(22)33)19-8-10-20(11-9-19)29(38)31(34,35)36/h2-5,8-12,15-16,18,23,29,38H,6-7,13-14,17H2,1H3. The van der Waals surface area contributed by atoms with Crippen molar-refractivity contribution in [2.75, 3.05) is 0 Å². The van der Waals surface area contributed by atoms with Crippen molar-refractivity contribution >= 4 is 38.9 Å². The molecule has 1 fully saturated rings. The van der Waals surface area contributed by atoms with Crippen LogP contribution < -0.4 is 0 Å². The lowest BCUT2D eigenvalue weighted by Gasteiger charge is -2.36. The quantitative estimate of drug-likeness (QED) is 0.228. The maximum absolute atomic E-state index is 15.2. The molecule has 5 rings (SSSR count). The van der Waals surface area contributed by atoms with Gasteiger partial charge in [-0.2, -0.15) is 13.2 Å². The lowest BCUT2D eigenvalue weighted by atomic mass is 9.86. The van der Waals surface area contributed by atoms with Crippen LogP contribution in [0.1, 0.15) is 59.5 Å². The summed E-state index contributed by atoms with van der Waals surface area (Å²) in [6, 6.07) is 17.3. The van der Waals surface area contributed by atoms with Crippen molar-refractivity contribution < 1.29 is 27.5 Å². The molecule has 1 N–H and O–H groups in total. The van der Waals surface area contributed by atoms with E-state index < -0.39 is 18.1 Å². The molecule has 0 radical (unpaired) electrons. The molecule has 4 aromatic rings. The minimum Gasteiger partial charge on any atom is -0.379 e. The summed E-state index contributed by atoms with van der Waals surface area (Å²) in [4.78, 5) is 16.1. The molecule has 1 saturated carbocycles. The Bertz CT molecular complexity index is 1510. The molecule has 40 heavy (non-hydrogen) atoms. The van der Waals surface area contributed by atoms with Crippen LogP contribution in [0.3, 0.4) is 0 Å². The predicted octanol–water partition coefficient (Wildman–Crippen LogP) is 9.18. The molecule has 3 aromatic carbocycles. The third-order valence-electron chi connectivity index (χ3n) is 7.67. The van der Waals surface area contributed by atoms with E-state index in [1.165, 1.54) is 41.7 Å².